The maximum absolute atomic E-state index is 6.13. The number of benzene rings is 1. The highest BCUT2D eigenvalue weighted by molar-refractivity contribution is 6.18. The van der Waals surface area contributed by atoms with Gasteiger partial charge in [-0.1, -0.05) is 30.3 Å². The summed E-state index contributed by atoms with van der Waals surface area (Å²) in [5, 5.41) is 7.84. The molecule has 1 unspecified atom stereocenters. The Bertz CT molecular complexity index is 495. The van der Waals surface area contributed by atoms with Crippen LogP contribution in [-0.4, -0.2) is 15.7 Å². The number of nitrogens with zero attached hydrogens (tertiary/aromatic N) is 2. The van der Waals surface area contributed by atoms with Crippen molar-refractivity contribution in [2.45, 2.75) is 19.0 Å². The molecule has 3 nitrogen and oxygen atoms in total. The predicted molar refractivity (Wildman–Crippen MR) is 74.6 cm³/mol. The first kappa shape index (κ1) is 13.1. The molecule has 1 heterocycles. The van der Waals surface area contributed by atoms with Gasteiger partial charge in [0.1, 0.15) is 0 Å². The van der Waals surface area contributed by atoms with E-state index in [2.05, 4.69) is 29.5 Å². The molecule has 0 aliphatic carbocycles. The van der Waals surface area contributed by atoms with Gasteiger partial charge >= 0.3 is 0 Å². The molecule has 2 aromatic rings. The van der Waals surface area contributed by atoms with E-state index in [1.807, 2.05) is 37.5 Å². The van der Waals surface area contributed by atoms with Crippen LogP contribution in [0.1, 0.15) is 18.2 Å². The first-order chi connectivity index (χ1) is 8.64. The Morgan fingerprint density at radius 1 is 1.28 bits per heavy atom. The van der Waals surface area contributed by atoms with E-state index in [0.29, 0.717) is 12.4 Å². The van der Waals surface area contributed by atoms with Crippen molar-refractivity contribution in [3.63, 3.8) is 0 Å². The van der Waals surface area contributed by atoms with Gasteiger partial charge in [0.15, 0.2) is 0 Å². The molecule has 1 aromatic heterocycles. The van der Waals surface area contributed by atoms with Crippen molar-refractivity contribution in [1.82, 2.24) is 15.1 Å². The van der Waals surface area contributed by atoms with E-state index in [-0.39, 0.29) is 5.54 Å². The molecule has 0 amide bonds. The Balaban J connectivity index is 2.09. The van der Waals surface area contributed by atoms with Crippen LogP contribution < -0.4 is 5.32 Å². The molecular weight excluding hydrogens is 246 g/mol. The van der Waals surface area contributed by atoms with Crippen molar-refractivity contribution in [2.75, 3.05) is 5.88 Å². The third-order valence-corrected chi connectivity index (χ3v) is 3.64. The Kier molecular flexibility index (Phi) is 4.04. The Morgan fingerprint density at radius 2 is 2.00 bits per heavy atom. The van der Waals surface area contributed by atoms with Crippen LogP contribution >= 0.6 is 11.6 Å². The minimum Gasteiger partial charge on any atom is -0.301 e. The van der Waals surface area contributed by atoms with Crippen molar-refractivity contribution < 1.29 is 0 Å². The van der Waals surface area contributed by atoms with Crippen molar-refractivity contribution in [1.29, 1.82) is 0 Å². The number of nitrogens with one attached hydrogen (secondary N) is 1. The number of halogens is 1. The van der Waals surface area contributed by atoms with Gasteiger partial charge in [0.25, 0.3) is 0 Å². The second-order valence-corrected chi connectivity index (χ2v) is 4.93. The second-order valence-electron chi connectivity index (χ2n) is 4.67. The minimum atomic E-state index is -0.236. The maximum atomic E-state index is 6.13. The topological polar surface area (TPSA) is 29.9 Å². The molecule has 1 N–H and O–H groups in total. The van der Waals surface area contributed by atoms with Crippen LogP contribution in [0.2, 0.25) is 0 Å². The Hall–Kier alpha value is -1.32. The molecule has 0 bridgehead atoms. The summed E-state index contributed by atoms with van der Waals surface area (Å²) in [5.74, 6) is 0.518. The maximum Gasteiger partial charge on any atom is 0.0762 e. The number of aryl methyl sites for hydroxylation is 1. The Morgan fingerprint density at radius 3 is 2.56 bits per heavy atom. The monoisotopic (exact) mass is 263 g/mol. The molecule has 0 fully saturated rings. The zero-order valence-corrected chi connectivity index (χ0v) is 11.5. The van der Waals surface area contributed by atoms with E-state index in [0.717, 1.165) is 5.69 Å². The summed E-state index contributed by atoms with van der Waals surface area (Å²) < 4.78 is 1.80. The normalized spacial score (nSPS) is 14.4. The summed E-state index contributed by atoms with van der Waals surface area (Å²) in [4.78, 5) is 0. The smallest absolute Gasteiger partial charge is 0.0762 e. The first-order valence-corrected chi connectivity index (χ1v) is 6.52. The van der Waals surface area contributed by atoms with Gasteiger partial charge in [0.2, 0.25) is 0 Å². The van der Waals surface area contributed by atoms with Gasteiger partial charge in [-0.05, 0) is 18.6 Å². The van der Waals surface area contributed by atoms with E-state index in [9.17, 15) is 0 Å². The van der Waals surface area contributed by atoms with Gasteiger partial charge in [-0.25, -0.2) is 0 Å². The second kappa shape index (κ2) is 5.55. The Labute approximate surface area is 113 Å². The summed E-state index contributed by atoms with van der Waals surface area (Å²) in [6, 6.07) is 12.3. The van der Waals surface area contributed by atoms with Gasteiger partial charge in [-0.15, -0.1) is 11.6 Å². The van der Waals surface area contributed by atoms with Crippen molar-refractivity contribution >= 4 is 11.6 Å². The molecular formula is C14H18ClN3. The lowest BCUT2D eigenvalue weighted by Crippen LogP contribution is -2.40. The molecule has 4 heteroatoms. The third-order valence-electron chi connectivity index (χ3n) is 3.11. The third kappa shape index (κ3) is 2.92. The van der Waals surface area contributed by atoms with Crippen LogP contribution in [0.3, 0.4) is 0 Å². The average Bonchev–Trinajstić information content (AvgIpc) is 2.83. The number of hydrogen-bond acceptors (Lipinski definition) is 2. The van der Waals surface area contributed by atoms with Crippen LogP contribution in [0, 0.1) is 0 Å². The zero-order chi connectivity index (χ0) is 13.0. The lowest BCUT2D eigenvalue weighted by molar-refractivity contribution is 0.403. The SMILES string of the molecule is Cn1ccc(CNC(C)(CCl)c2ccccc2)n1. The number of alkyl halides is 1. The molecule has 1 atom stereocenters. The fourth-order valence-electron chi connectivity index (χ4n) is 1.88. The van der Waals surface area contributed by atoms with Crippen LogP contribution in [0.25, 0.3) is 0 Å². The summed E-state index contributed by atoms with van der Waals surface area (Å²) >= 11 is 6.13. The molecule has 0 spiro atoms. The number of hydrogen-bond donors (Lipinski definition) is 1. The van der Waals surface area contributed by atoms with Crippen LogP contribution in [-0.2, 0) is 19.1 Å². The zero-order valence-electron chi connectivity index (χ0n) is 10.7. The van der Waals surface area contributed by atoms with Gasteiger partial charge in [-0.3, -0.25) is 4.68 Å². The van der Waals surface area contributed by atoms with Crippen molar-refractivity contribution in [3.8, 4) is 0 Å². The van der Waals surface area contributed by atoms with Gasteiger partial charge in [0, 0.05) is 25.7 Å². The molecule has 1 aromatic carbocycles. The number of aromatic nitrogens is 2. The van der Waals surface area contributed by atoms with E-state index < -0.39 is 0 Å². The minimum absolute atomic E-state index is 0.236. The highest BCUT2D eigenvalue weighted by atomic mass is 35.5. The molecule has 0 aliphatic rings. The van der Waals surface area contributed by atoms with E-state index in [1.54, 1.807) is 4.68 Å². The molecule has 0 aliphatic heterocycles. The molecule has 18 heavy (non-hydrogen) atoms. The van der Waals surface area contributed by atoms with E-state index in [1.165, 1.54) is 5.56 Å². The summed E-state index contributed by atoms with van der Waals surface area (Å²) in [7, 11) is 1.92. The summed E-state index contributed by atoms with van der Waals surface area (Å²) in [6.07, 6.45) is 1.94. The molecule has 96 valence electrons. The highest BCUT2D eigenvalue weighted by Crippen LogP contribution is 2.22. The van der Waals surface area contributed by atoms with Crippen LogP contribution in [0.5, 0.6) is 0 Å². The first-order valence-electron chi connectivity index (χ1n) is 5.99. The fourth-order valence-corrected chi connectivity index (χ4v) is 2.12. The van der Waals surface area contributed by atoms with Crippen LogP contribution in [0.15, 0.2) is 42.6 Å². The molecule has 0 saturated carbocycles. The predicted octanol–water partition coefficient (Wildman–Crippen LogP) is 2.66. The molecule has 2 rings (SSSR count). The molecule has 0 radical (unpaired) electrons. The lowest BCUT2D eigenvalue weighted by Gasteiger charge is -2.29. The highest BCUT2D eigenvalue weighted by Gasteiger charge is 2.24. The largest absolute Gasteiger partial charge is 0.301 e. The van der Waals surface area contributed by atoms with E-state index >= 15 is 0 Å². The fraction of sp³-hybridized carbons (Fsp3) is 0.357. The summed E-state index contributed by atoms with van der Waals surface area (Å²) in [6.45, 7) is 2.82. The summed E-state index contributed by atoms with van der Waals surface area (Å²) in [5.41, 5.74) is 1.97. The van der Waals surface area contributed by atoms with Crippen molar-refractivity contribution in [2.24, 2.45) is 7.05 Å². The lowest BCUT2D eigenvalue weighted by atomic mass is 9.94. The van der Waals surface area contributed by atoms with E-state index in [4.69, 9.17) is 11.6 Å². The molecule has 0 saturated heterocycles. The van der Waals surface area contributed by atoms with Crippen molar-refractivity contribution in [3.05, 3.63) is 53.9 Å². The quantitative estimate of drug-likeness (QED) is 0.841. The van der Waals surface area contributed by atoms with Gasteiger partial charge in [0.05, 0.1) is 11.2 Å². The standard InChI is InChI=1S/C14H18ClN3/c1-14(11-15,12-6-4-3-5-7-12)16-10-13-8-9-18(2)17-13/h3-9,16H,10-11H2,1-2H3. The van der Waals surface area contributed by atoms with Crippen LogP contribution in [0.4, 0.5) is 0 Å². The average molecular weight is 264 g/mol. The van der Waals surface area contributed by atoms with Gasteiger partial charge in [-0.2, -0.15) is 5.10 Å². The number of rotatable bonds is 5. The van der Waals surface area contributed by atoms with Gasteiger partial charge < -0.3 is 5.32 Å².